The number of ether oxygens (including phenoxy) is 1. The zero-order chi connectivity index (χ0) is 17.3. The predicted octanol–water partition coefficient (Wildman–Crippen LogP) is -1.27. The van der Waals surface area contributed by atoms with Crippen molar-refractivity contribution in [3.8, 4) is 0 Å². The van der Waals surface area contributed by atoms with E-state index >= 15 is 0 Å². The normalized spacial score (nSPS) is 25.2. The van der Waals surface area contributed by atoms with Crippen molar-refractivity contribution in [1.82, 2.24) is 18.9 Å². The minimum atomic E-state index is -0.465. The van der Waals surface area contributed by atoms with Crippen LogP contribution in [0.3, 0.4) is 0 Å². The monoisotopic (exact) mass is 336 g/mol. The van der Waals surface area contributed by atoms with E-state index in [9.17, 15) is 14.4 Å². The lowest BCUT2D eigenvalue weighted by atomic mass is 10.0. The molecular weight excluding hydrogens is 312 g/mol. The van der Waals surface area contributed by atoms with Crippen LogP contribution in [-0.2, 0) is 23.1 Å². The number of hydrogen-bond donors (Lipinski definition) is 0. The van der Waals surface area contributed by atoms with E-state index in [-0.39, 0.29) is 18.0 Å². The van der Waals surface area contributed by atoms with Gasteiger partial charge in [0.2, 0.25) is 5.91 Å². The molecule has 132 valence electrons. The first kappa shape index (κ1) is 16.9. The van der Waals surface area contributed by atoms with Crippen LogP contribution in [0.25, 0.3) is 0 Å². The quantitative estimate of drug-likeness (QED) is 0.688. The summed E-state index contributed by atoms with van der Waals surface area (Å²) in [6.45, 7) is 6.78. The van der Waals surface area contributed by atoms with Gasteiger partial charge in [-0.1, -0.05) is 6.92 Å². The average molecular weight is 336 g/mol. The number of amides is 1. The van der Waals surface area contributed by atoms with Gasteiger partial charge < -0.3 is 9.64 Å². The van der Waals surface area contributed by atoms with Crippen LogP contribution in [0.15, 0.2) is 21.9 Å². The van der Waals surface area contributed by atoms with Crippen molar-refractivity contribution in [3.63, 3.8) is 0 Å². The number of morpholine rings is 1. The molecule has 8 nitrogen and oxygen atoms in total. The molecule has 24 heavy (non-hydrogen) atoms. The van der Waals surface area contributed by atoms with Gasteiger partial charge in [-0.25, -0.2) is 4.79 Å². The Balaban J connectivity index is 1.67. The molecule has 2 aliphatic rings. The summed E-state index contributed by atoms with van der Waals surface area (Å²) in [6, 6.07) is 1.65. The summed E-state index contributed by atoms with van der Waals surface area (Å²) >= 11 is 0. The Morgan fingerprint density at radius 2 is 1.96 bits per heavy atom. The van der Waals surface area contributed by atoms with E-state index in [0.717, 1.165) is 30.9 Å². The molecule has 8 heteroatoms. The van der Waals surface area contributed by atoms with E-state index in [1.807, 2.05) is 4.90 Å². The first-order valence-corrected chi connectivity index (χ1v) is 8.33. The van der Waals surface area contributed by atoms with Crippen LogP contribution in [0.1, 0.15) is 6.92 Å². The smallest absolute Gasteiger partial charge is 0.331 e. The molecule has 2 saturated heterocycles. The van der Waals surface area contributed by atoms with Gasteiger partial charge >= 0.3 is 5.69 Å². The zero-order valence-electron chi connectivity index (χ0n) is 14.2. The van der Waals surface area contributed by atoms with Crippen molar-refractivity contribution in [2.45, 2.75) is 19.5 Å². The molecule has 0 radical (unpaired) electrons. The Kier molecular flexibility index (Phi) is 4.86. The maximum Gasteiger partial charge on any atom is 0.331 e. The number of nitrogens with zero attached hydrogens (tertiary/aromatic N) is 4. The third-order valence-corrected chi connectivity index (χ3v) is 5.01. The van der Waals surface area contributed by atoms with E-state index in [4.69, 9.17) is 4.74 Å². The number of likely N-dealkylation sites (tertiary alicyclic amines) is 1. The second-order valence-electron chi connectivity index (χ2n) is 6.62. The SMILES string of the molecule is CC1CN(C(=O)Cn2ccc(=O)n(C)c2=O)CC1N1CCOCC1. The lowest BCUT2D eigenvalue weighted by Gasteiger charge is -2.34. The Labute approximate surface area is 140 Å². The van der Waals surface area contributed by atoms with Crippen LogP contribution in [0, 0.1) is 5.92 Å². The van der Waals surface area contributed by atoms with Crippen LogP contribution in [0.5, 0.6) is 0 Å². The van der Waals surface area contributed by atoms with Gasteiger partial charge in [-0.05, 0) is 5.92 Å². The van der Waals surface area contributed by atoms with E-state index in [0.29, 0.717) is 25.0 Å². The first-order chi connectivity index (χ1) is 11.5. The Bertz CT molecular complexity index is 720. The summed E-state index contributed by atoms with van der Waals surface area (Å²) in [5.74, 6) is 0.308. The van der Waals surface area contributed by atoms with Gasteiger partial charge in [0.1, 0.15) is 6.54 Å². The molecule has 3 rings (SSSR count). The Morgan fingerprint density at radius 1 is 1.25 bits per heavy atom. The lowest BCUT2D eigenvalue weighted by Crippen LogP contribution is -2.47. The molecule has 0 bridgehead atoms. The van der Waals surface area contributed by atoms with Crippen LogP contribution < -0.4 is 11.2 Å². The summed E-state index contributed by atoms with van der Waals surface area (Å²) in [5.41, 5.74) is -0.835. The van der Waals surface area contributed by atoms with Gasteiger partial charge in [-0.15, -0.1) is 0 Å². The molecule has 2 atom stereocenters. The van der Waals surface area contributed by atoms with Crippen molar-refractivity contribution < 1.29 is 9.53 Å². The zero-order valence-corrected chi connectivity index (χ0v) is 14.2. The molecule has 0 spiro atoms. The highest BCUT2D eigenvalue weighted by atomic mass is 16.5. The minimum Gasteiger partial charge on any atom is -0.379 e. The summed E-state index contributed by atoms with van der Waals surface area (Å²) in [4.78, 5) is 40.3. The number of carbonyl (C=O) groups is 1. The van der Waals surface area contributed by atoms with Crippen LogP contribution in [0.4, 0.5) is 0 Å². The highest BCUT2D eigenvalue weighted by Crippen LogP contribution is 2.22. The molecule has 2 aliphatic heterocycles. The van der Waals surface area contributed by atoms with Crippen molar-refractivity contribution in [1.29, 1.82) is 0 Å². The van der Waals surface area contributed by atoms with Gasteiger partial charge in [-0.2, -0.15) is 0 Å². The van der Waals surface area contributed by atoms with Gasteiger partial charge in [0.05, 0.1) is 13.2 Å². The number of aromatic nitrogens is 2. The molecule has 2 fully saturated rings. The minimum absolute atomic E-state index is 0.0322. The predicted molar refractivity (Wildman–Crippen MR) is 87.9 cm³/mol. The van der Waals surface area contributed by atoms with Crippen molar-refractivity contribution in [2.24, 2.45) is 13.0 Å². The molecule has 3 heterocycles. The molecule has 1 amide bonds. The van der Waals surface area contributed by atoms with E-state index in [1.165, 1.54) is 23.9 Å². The topological polar surface area (TPSA) is 76.8 Å². The van der Waals surface area contributed by atoms with Crippen LogP contribution in [0.2, 0.25) is 0 Å². The fraction of sp³-hybridized carbons (Fsp3) is 0.688. The molecular formula is C16H24N4O4. The van der Waals surface area contributed by atoms with Gasteiger partial charge in [0.25, 0.3) is 5.56 Å². The molecule has 1 aromatic heterocycles. The third kappa shape index (κ3) is 3.29. The fourth-order valence-electron chi connectivity index (χ4n) is 3.52. The van der Waals surface area contributed by atoms with Gasteiger partial charge in [0, 0.05) is 51.5 Å². The average Bonchev–Trinajstić information content (AvgIpc) is 2.98. The maximum atomic E-state index is 12.6. The summed E-state index contributed by atoms with van der Waals surface area (Å²) in [5, 5.41) is 0. The molecule has 0 aromatic carbocycles. The number of hydrogen-bond acceptors (Lipinski definition) is 5. The summed E-state index contributed by atoms with van der Waals surface area (Å²) < 4.78 is 7.69. The maximum absolute atomic E-state index is 12.6. The summed E-state index contributed by atoms with van der Waals surface area (Å²) in [6.07, 6.45) is 1.39. The lowest BCUT2D eigenvalue weighted by molar-refractivity contribution is -0.131. The first-order valence-electron chi connectivity index (χ1n) is 8.33. The van der Waals surface area contributed by atoms with Crippen molar-refractivity contribution in [2.75, 3.05) is 39.4 Å². The highest BCUT2D eigenvalue weighted by molar-refractivity contribution is 5.76. The molecule has 0 saturated carbocycles. The summed E-state index contributed by atoms with van der Waals surface area (Å²) in [7, 11) is 1.41. The molecule has 2 unspecified atom stereocenters. The van der Waals surface area contributed by atoms with Gasteiger partial charge in [-0.3, -0.25) is 23.6 Å². The number of rotatable bonds is 3. The third-order valence-electron chi connectivity index (χ3n) is 5.01. The van der Waals surface area contributed by atoms with Gasteiger partial charge in [0.15, 0.2) is 0 Å². The standard InChI is InChI=1S/C16H24N4O4/c1-12-9-20(10-13(12)18-5-7-24-8-6-18)15(22)11-19-4-3-14(21)17(2)16(19)23/h3-4,12-13H,5-11H2,1-2H3. The number of carbonyl (C=O) groups excluding carboxylic acids is 1. The molecule has 1 aromatic rings. The van der Waals surface area contributed by atoms with Crippen molar-refractivity contribution in [3.05, 3.63) is 33.1 Å². The fourth-order valence-corrected chi connectivity index (χ4v) is 3.52. The van der Waals surface area contributed by atoms with Crippen LogP contribution in [-0.4, -0.2) is 70.3 Å². The largest absolute Gasteiger partial charge is 0.379 e. The van der Waals surface area contributed by atoms with E-state index in [1.54, 1.807) is 0 Å². The Morgan fingerprint density at radius 3 is 2.67 bits per heavy atom. The van der Waals surface area contributed by atoms with Crippen molar-refractivity contribution >= 4 is 5.91 Å². The van der Waals surface area contributed by atoms with E-state index in [2.05, 4.69) is 11.8 Å². The van der Waals surface area contributed by atoms with Crippen LogP contribution >= 0.6 is 0 Å². The highest BCUT2D eigenvalue weighted by Gasteiger charge is 2.36. The second-order valence-corrected chi connectivity index (χ2v) is 6.62. The molecule has 0 aliphatic carbocycles. The van der Waals surface area contributed by atoms with E-state index < -0.39 is 5.69 Å². The molecule has 0 N–H and O–H groups in total. The Hall–Kier alpha value is -1.93. The second kappa shape index (κ2) is 6.90.